The van der Waals surface area contributed by atoms with Gasteiger partial charge in [0.15, 0.2) is 0 Å². The summed E-state index contributed by atoms with van der Waals surface area (Å²) in [6, 6.07) is 15.8. The van der Waals surface area contributed by atoms with E-state index in [1.54, 1.807) is 7.05 Å². The fraction of sp³-hybridized carbons (Fsp3) is 0.154. The van der Waals surface area contributed by atoms with Crippen LogP contribution in [0.25, 0.3) is 43.6 Å². The number of benzene rings is 3. The summed E-state index contributed by atoms with van der Waals surface area (Å²) >= 11 is 0. The zero-order valence-corrected chi connectivity index (χ0v) is 17.2. The fourth-order valence-electron chi connectivity index (χ4n) is 4.87. The van der Waals surface area contributed by atoms with Crippen LogP contribution in [0.3, 0.4) is 0 Å². The first-order chi connectivity index (χ1) is 15.2. The first-order valence-electron chi connectivity index (χ1n) is 10.6. The maximum Gasteiger partial charge on any atom is 0.262 e. The number of para-hydroxylation sites is 2. The molecule has 31 heavy (non-hydrogen) atoms. The number of hydrogen-bond donors (Lipinski definition) is 2. The molecule has 0 fully saturated rings. The second-order valence-corrected chi connectivity index (χ2v) is 8.16. The molecule has 0 radical (unpaired) electrons. The van der Waals surface area contributed by atoms with E-state index in [1.807, 2.05) is 48.5 Å². The summed E-state index contributed by atoms with van der Waals surface area (Å²) in [4.78, 5) is 34.0. The second kappa shape index (κ2) is 6.57. The third kappa shape index (κ3) is 2.43. The van der Waals surface area contributed by atoms with E-state index in [9.17, 15) is 9.59 Å². The number of carbonyl (C=O) groups excluding carboxylic acids is 2. The average molecular weight is 407 g/mol. The Morgan fingerprint density at radius 2 is 1.16 bits per heavy atom. The van der Waals surface area contributed by atoms with Crippen LogP contribution in [-0.4, -0.2) is 33.7 Å². The molecule has 2 N–H and O–H groups in total. The molecule has 2 amide bonds. The van der Waals surface area contributed by atoms with Gasteiger partial charge in [0.25, 0.3) is 11.8 Å². The van der Waals surface area contributed by atoms with Crippen molar-refractivity contribution in [3.05, 3.63) is 71.8 Å². The van der Waals surface area contributed by atoms with Crippen LogP contribution >= 0.6 is 0 Å². The smallest absolute Gasteiger partial charge is 0.262 e. The van der Waals surface area contributed by atoms with E-state index in [-0.39, 0.29) is 11.8 Å². The van der Waals surface area contributed by atoms with Gasteiger partial charge in [-0.15, -0.1) is 0 Å². The molecular weight excluding hydrogens is 386 g/mol. The number of amides is 2. The van der Waals surface area contributed by atoms with Gasteiger partial charge in [-0.3, -0.25) is 14.5 Å². The Labute approximate surface area is 178 Å². The Bertz CT molecular complexity index is 1450. The van der Waals surface area contributed by atoms with E-state index >= 15 is 0 Å². The molecule has 0 atom stereocenters. The molecule has 1 aliphatic heterocycles. The lowest BCUT2D eigenvalue weighted by molar-refractivity contribution is 0.0694. The second-order valence-electron chi connectivity index (χ2n) is 8.16. The molecule has 0 saturated heterocycles. The fourth-order valence-corrected chi connectivity index (χ4v) is 4.87. The number of H-pyrrole nitrogens is 2. The molecule has 3 heterocycles. The van der Waals surface area contributed by atoms with Crippen molar-refractivity contribution in [3.8, 4) is 0 Å². The molecule has 0 unspecified atom stereocenters. The van der Waals surface area contributed by atoms with Crippen molar-refractivity contribution in [2.24, 2.45) is 0 Å². The minimum atomic E-state index is -0.244. The highest BCUT2D eigenvalue weighted by molar-refractivity contribution is 6.38. The molecule has 7 rings (SSSR count). The Hall–Kier alpha value is -3.86. The van der Waals surface area contributed by atoms with Crippen LogP contribution in [0.5, 0.6) is 0 Å². The third-order valence-corrected chi connectivity index (χ3v) is 6.36. The van der Waals surface area contributed by atoms with Crippen molar-refractivity contribution < 1.29 is 9.59 Å². The normalized spacial score (nSPS) is 15.5. The third-order valence-electron chi connectivity index (χ3n) is 6.36. The van der Waals surface area contributed by atoms with Gasteiger partial charge in [-0.25, -0.2) is 0 Å². The highest BCUT2D eigenvalue weighted by Gasteiger charge is 2.38. The predicted octanol–water partition coefficient (Wildman–Crippen LogP) is 5.91. The summed E-state index contributed by atoms with van der Waals surface area (Å²) in [7, 11) is 1.55. The van der Waals surface area contributed by atoms with Crippen molar-refractivity contribution in [1.82, 2.24) is 14.9 Å². The van der Waals surface area contributed by atoms with Crippen LogP contribution < -0.4 is 0 Å². The van der Waals surface area contributed by atoms with Gasteiger partial charge >= 0.3 is 0 Å². The standard InChI is InChI=1S/C21H13N3O2.C5H8/c1-24-20(25)16-14-10-6-2-4-8-12(10)22-18(14)19-15(17(16)21(24)26)11-7-3-5-9-13(11)23-19;1-2-4-5-3-1/h2-9,22-23H,1H3;1-2H,3-5H2. The SMILES string of the molecule is C1=CCCC1.CN1C(=O)c2c(c3c4ccccc4[nH]c3c3[nH]c4ccccc4c23)C1=O. The van der Waals surface area contributed by atoms with Crippen LogP contribution in [0, 0.1) is 0 Å². The maximum absolute atomic E-state index is 12.9. The minimum absolute atomic E-state index is 0.244. The van der Waals surface area contributed by atoms with Crippen LogP contribution in [0.1, 0.15) is 40.0 Å². The molecule has 0 bridgehead atoms. The average Bonchev–Trinajstić information content (AvgIpc) is 3.58. The number of fused-ring (bicyclic) bond motifs is 10. The maximum atomic E-state index is 12.9. The number of nitrogens with zero attached hydrogens (tertiary/aromatic N) is 1. The van der Waals surface area contributed by atoms with E-state index in [1.165, 1.54) is 24.2 Å². The number of nitrogens with one attached hydrogen (secondary N) is 2. The topological polar surface area (TPSA) is 69.0 Å². The van der Waals surface area contributed by atoms with Crippen molar-refractivity contribution in [2.45, 2.75) is 19.3 Å². The van der Waals surface area contributed by atoms with E-state index in [0.29, 0.717) is 11.1 Å². The number of aromatic amines is 2. The number of hydrogen-bond acceptors (Lipinski definition) is 2. The lowest BCUT2D eigenvalue weighted by Gasteiger charge is -2.03. The number of aromatic nitrogens is 2. The number of imide groups is 1. The van der Waals surface area contributed by atoms with Crippen molar-refractivity contribution in [1.29, 1.82) is 0 Å². The Morgan fingerprint density at radius 1 is 0.710 bits per heavy atom. The molecule has 5 heteroatoms. The zero-order chi connectivity index (χ0) is 21.1. The largest absolute Gasteiger partial charge is 0.353 e. The van der Waals surface area contributed by atoms with Gasteiger partial charge in [-0.2, -0.15) is 0 Å². The quantitative estimate of drug-likeness (QED) is 0.248. The predicted molar refractivity (Wildman–Crippen MR) is 125 cm³/mol. The van der Waals surface area contributed by atoms with Crippen molar-refractivity contribution >= 4 is 55.4 Å². The summed E-state index contributed by atoms with van der Waals surface area (Å²) in [6.07, 6.45) is 8.50. The van der Waals surface area contributed by atoms with Crippen LogP contribution in [0.4, 0.5) is 0 Å². The van der Waals surface area contributed by atoms with Gasteiger partial charge in [0.2, 0.25) is 0 Å². The highest BCUT2D eigenvalue weighted by atomic mass is 16.2. The van der Waals surface area contributed by atoms with Crippen LogP contribution in [-0.2, 0) is 0 Å². The van der Waals surface area contributed by atoms with Gasteiger partial charge in [0.05, 0.1) is 22.2 Å². The first kappa shape index (κ1) is 18.0. The lowest BCUT2D eigenvalue weighted by Crippen LogP contribution is -2.24. The van der Waals surface area contributed by atoms with Gasteiger partial charge in [0, 0.05) is 39.6 Å². The Morgan fingerprint density at radius 3 is 1.58 bits per heavy atom. The van der Waals surface area contributed by atoms with E-state index in [4.69, 9.17) is 0 Å². The molecule has 152 valence electrons. The lowest BCUT2D eigenvalue weighted by atomic mass is 9.97. The number of rotatable bonds is 0. The molecular formula is C26H21N3O2. The molecule has 2 aliphatic rings. The van der Waals surface area contributed by atoms with E-state index < -0.39 is 0 Å². The Balaban J connectivity index is 0.000000329. The van der Waals surface area contributed by atoms with Gasteiger partial charge in [-0.05, 0) is 31.4 Å². The Kier molecular flexibility index (Phi) is 3.81. The molecule has 5 aromatic rings. The number of allylic oxidation sites excluding steroid dienone is 2. The summed E-state index contributed by atoms with van der Waals surface area (Å²) in [5.74, 6) is -0.487. The van der Waals surface area contributed by atoms with Crippen LogP contribution in [0.15, 0.2) is 60.7 Å². The van der Waals surface area contributed by atoms with E-state index in [0.717, 1.165) is 43.6 Å². The monoisotopic (exact) mass is 407 g/mol. The summed E-state index contributed by atoms with van der Waals surface area (Å²) < 4.78 is 0. The highest BCUT2D eigenvalue weighted by Crippen LogP contribution is 2.43. The van der Waals surface area contributed by atoms with Crippen molar-refractivity contribution in [3.63, 3.8) is 0 Å². The summed E-state index contributed by atoms with van der Waals surface area (Å²) in [5.41, 5.74) is 4.64. The first-order valence-corrected chi connectivity index (χ1v) is 10.6. The summed E-state index contributed by atoms with van der Waals surface area (Å²) in [5, 5.41) is 3.54. The summed E-state index contributed by atoms with van der Waals surface area (Å²) in [6.45, 7) is 0. The van der Waals surface area contributed by atoms with Crippen molar-refractivity contribution in [2.75, 3.05) is 7.05 Å². The molecule has 5 nitrogen and oxygen atoms in total. The number of carbonyl (C=O) groups is 2. The zero-order valence-electron chi connectivity index (χ0n) is 17.2. The minimum Gasteiger partial charge on any atom is -0.353 e. The molecule has 3 aromatic carbocycles. The molecule has 0 spiro atoms. The van der Waals surface area contributed by atoms with Gasteiger partial charge < -0.3 is 9.97 Å². The molecule has 1 aliphatic carbocycles. The van der Waals surface area contributed by atoms with E-state index in [2.05, 4.69) is 22.1 Å². The van der Waals surface area contributed by atoms with Gasteiger partial charge in [-0.1, -0.05) is 48.6 Å². The molecule has 0 saturated carbocycles. The van der Waals surface area contributed by atoms with Crippen LogP contribution in [0.2, 0.25) is 0 Å². The molecule has 2 aromatic heterocycles. The van der Waals surface area contributed by atoms with Gasteiger partial charge in [0.1, 0.15) is 0 Å².